The molecule has 2 rings (SSSR count). The molecule has 1 aromatic rings. The van der Waals surface area contributed by atoms with Crippen LogP contribution in [0.25, 0.3) is 0 Å². The van der Waals surface area contributed by atoms with Crippen molar-refractivity contribution in [2.24, 2.45) is 5.92 Å². The Morgan fingerprint density at radius 3 is 2.69 bits per heavy atom. The number of hydrogen-bond donors (Lipinski definition) is 2. The first-order valence-corrected chi connectivity index (χ1v) is 4.46. The van der Waals surface area contributed by atoms with E-state index >= 15 is 0 Å². The van der Waals surface area contributed by atoms with E-state index in [1.165, 1.54) is 0 Å². The summed E-state index contributed by atoms with van der Waals surface area (Å²) in [5.41, 5.74) is 5.40. The van der Waals surface area contributed by atoms with Gasteiger partial charge < -0.3 is 11.1 Å². The number of nitrogens with zero attached hydrogens (tertiary/aromatic N) is 3. The first-order chi connectivity index (χ1) is 6.15. The molecule has 5 nitrogen and oxygen atoms in total. The normalized spacial score (nSPS) is 25.7. The summed E-state index contributed by atoms with van der Waals surface area (Å²) in [5.74, 6) is 1.29. The van der Waals surface area contributed by atoms with Crippen LogP contribution in [0, 0.1) is 5.92 Å². The zero-order valence-corrected chi connectivity index (χ0v) is 7.91. The van der Waals surface area contributed by atoms with Crippen LogP contribution in [-0.4, -0.2) is 21.0 Å². The lowest BCUT2D eigenvalue weighted by Crippen LogP contribution is -2.09. The number of nitrogen functional groups attached to an aromatic ring is 1. The minimum absolute atomic E-state index is 0.128. The van der Waals surface area contributed by atoms with Gasteiger partial charge in [0.25, 0.3) is 0 Å². The molecule has 70 valence electrons. The van der Waals surface area contributed by atoms with Crippen molar-refractivity contribution in [3.05, 3.63) is 5.28 Å². The Balaban J connectivity index is 2.11. The summed E-state index contributed by atoms with van der Waals surface area (Å²) in [6.45, 7) is 2.16. The van der Waals surface area contributed by atoms with Gasteiger partial charge in [-0.05, 0) is 23.9 Å². The van der Waals surface area contributed by atoms with Gasteiger partial charge in [0.1, 0.15) is 0 Å². The standard InChI is InChI=1S/C7H10ClN5/c1-3-2-4(3)10-7-12-5(8)11-6(9)13-7/h3-4H,2H2,1H3,(H3,9,10,11,12,13). The van der Waals surface area contributed by atoms with Gasteiger partial charge in [0.05, 0.1) is 0 Å². The zero-order chi connectivity index (χ0) is 9.42. The average molecular weight is 200 g/mol. The van der Waals surface area contributed by atoms with Crippen LogP contribution in [0.2, 0.25) is 5.28 Å². The second-order valence-electron chi connectivity index (χ2n) is 3.25. The van der Waals surface area contributed by atoms with Crippen molar-refractivity contribution in [1.29, 1.82) is 0 Å². The SMILES string of the molecule is CC1CC1Nc1nc(N)nc(Cl)n1. The Morgan fingerprint density at radius 1 is 1.46 bits per heavy atom. The van der Waals surface area contributed by atoms with Gasteiger partial charge >= 0.3 is 0 Å². The van der Waals surface area contributed by atoms with Crippen molar-refractivity contribution < 1.29 is 0 Å². The van der Waals surface area contributed by atoms with Crippen molar-refractivity contribution in [2.45, 2.75) is 19.4 Å². The van der Waals surface area contributed by atoms with Gasteiger partial charge in [-0.3, -0.25) is 0 Å². The second kappa shape index (κ2) is 2.99. The number of aromatic nitrogens is 3. The minimum atomic E-state index is 0.128. The van der Waals surface area contributed by atoms with Crippen LogP contribution >= 0.6 is 11.6 Å². The monoisotopic (exact) mass is 199 g/mol. The first kappa shape index (κ1) is 8.50. The summed E-state index contributed by atoms with van der Waals surface area (Å²) in [7, 11) is 0. The fourth-order valence-corrected chi connectivity index (χ4v) is 1.29. The highest BCUT2D eigenvalue weighted by atomic mass is 35.5. The predicted octanol–water partition coefficient (Wildman–Crippen LogP) is 0.927. The van der Waals surface area contributed by atoms with E-state index in [2.05, 4.69) is 27.2 Å². The van der Waals surface area contributed by atoms with Gasteiger partial charge in [0, 0.05) is 6.04 Å². The lowest BCUT2D eigenvalue weighted by Gasteiger charge is -2.02. The molecule has 2 atom stereocenters. The van der Waals surface area contributed by atoms with Crippen molar-refractivity contribution in [1.82, 2.24) is 15.0 Å². The van der Waals surface area contributed by atoms with E-state index in [1.807, 2.05) is 0 Å². The third kappa shape index (κ3) is 1.98. The van der Waals surface area contributed by atoms with E-state index in [0.29, 0.717) is 17.9 Å². The van der Waals surface area contributed by atoms with Crippen molar-refractivity contribution in [3.63, 3.8) is 0 Å². The summed E-state index contributed by atoms with van der Waals surface area (Å²) in [6, 6.07) is 0.456. The van der Waals surface area contributed by atoms with E-state index < -0.39 is 0 Å². The molecule has 1 aliphatic rings. The molecular weight excluding hydrogens is 190 g/mol. The average Bonchev–Trinajstić information content (AvgIpc) is 2.63. The molecule has 3 N–H and O–H groups in total. The van der Waals surface area contributed by atoms with Crippen molar-refractivity contribution in [3.8, 4) is 0 Å². The summed E-state index contributed by atoms with van der Waals surface area (Å²) < 4.78 is 0. The number of hydrogen-bond acceptors (Lipinski definition) is 5. The fourth-order valence-electron chi connectivity index (χ4n) is 1.12. The molecule has 0 aliphatic heterocycles. The summed E-state index contributed by atoms with van der Waals surface area (Å²) in [6.07, 6.45) is 1.14. The van der Waals surface area contributed by atoms with Crippen molar-refractivity contribution >= 4 is 23.5 Å². The van der Waals surface area contributed by atoms with Gasteiger partial charge in [0.2, 0.25) is 17.2 Å². The van der Waals surface area contributed by atoms with Gasteiger partial charge in [-0.25, -0.2) is 0 Å². The van der Waals surface area contributed by atoms with Crippen LogP contribution in [0.4, 0.5) is 11.9 Å². The van der Waals surface area contributed by atoms with Crippen LogP contribution in [0.15, 0.2) is 0 Å². The quantitative estimate of drug-likeness (QED) is 0.741. The lowest BCUT2D eigenvalue weighted by molar-refractivity contribution is 0.909. The third-order valence-electron chi connectivity index (χ3n) is 2.05. The smallest absolute Gasteiger partial charge is 0.229 e. The molecule has 13 heavy (non-hydrogen) atoms. The fraction of sp³-hybridized carbons (Fsp3) is 0.571. The minimum Gasteiger partial charge on any atom is -0.368 e. The molecule has 1 heterocycles. The number of halogens is 1. The molecule has 0 aromatic carbocycles. The number of nitrogens with one attached hydrogen (secondary N) is 1. The highest BCUT2D eigenvalue weighted by molar-refractivity contribution is 6.28. The number of anilines is 2. The number of rotatable bonds is 2. The first-order valence-electron chi connectivity index (χ1n) is 4.09. The largest absolute Gasteiger partial charge is 0.368 e. The van der Waals surface area contributed by atoms with E-state index in [1.54, 1.807) is 0 Å². The van der Waals surface area contributed by atoms with Crippen molar-refractivity contribution in [2.75, 3.05) is 11.1 Å². The molecule has 2 unspecified atom stereocenters. The molecule has 1 aliphatic carbocycles. The summed E-state index contributed by atoms with van der Waals surface area (Å²) in [4.78, 5) is 11.5. The molecule has 6 heteroatoms. The van der Waals surface area contributed by atoms with Gasteiger partial charge in [-0.1, -0.05) is 6.92 Å². The van der Waals surface area contributed by atoms with Crippen LogP contribution in [0.1, 0.15) is 13.3 Å². The maximum atomic E-state index is 5.61. The topological polar surface area (TPSA) is 76.7 Å². The van der Waals surface area contributed by atoms with Gasteiger partial charge in [-0.2, -0.15) is 15.0 Å². The molecule has 0 bridgehead atoms. The number of nitrogens with two attached hydrogens (primary N) is 1. The summed E-state index contributed by atoms with van der Waals surface area (Å²) >= 11 is 5.61. The predicted molar refractivity (Wildman–Crippen MR) is 50.4 cm³/mol. The van der Waals surface area contributed by atoms with Crippen LogP contribution < -0.4 is 11.1 Å². The Labute approximate surface area is 80.7 Å². The molecule has 0 amide bonds. The molecular formula is C7H10ClN5. The maximum absolute atomic E-state index is 5.61. The molecule has 0 radical (unpaired) electrons. The highest BCUT2D eigenvalue weighted by Crippen LogP contribution is 2.31. The second-order valence-corrected chi connectivity index (χ2v) is 3.59. The highest BCUT2D eigenvalue weighted by Gasteiger charge is 2.33. The molecule has 0 spiro atoms. The van der Waals surface area contributed by atoms with Crippen LogP contribution in [-0.2, 0) is 0 Å². The van der Waals surface area contributed by atoms with E-state index in [4.69, 9.17) is 17.3 Å². The van der Waals surface area contributed by atoms with E-state index in [-0.39, 0.29) is 11.2 Å². The lowest BCUT2D eigenvalue weighted by atomic mass is 10.5. The third-order valence-corrected chi connectivity index (χ3v) is 2.22. The maximum Gasteiger partial charge on any atom is 0.229 e. The Kier molecular flexibility index (Phi) is 1.95. The van der Waals surface area contributed by atoms with Gasteiger partial charge in [-0.15, -0.1) is 0 Å². The van der Waals surface area contributed by atoms with Gasteiger partial charge in [0.15, 0.2) is 0 Å². The Hall–Kier alpha value is -1.10. The zero-order valence-electron chi connectivity index (χ0n) is 7.16. The Morgan fingerprint density at radius 2 is 2.15 bits per heavy atom. The molecule has 1 saturated carbocycles. The van der Waals surface area contributed by atoms with Crippen LogP contribution in [0.3, 0.4) is 0 Å². The summed E-state index contributed by atoms with van der Waals surface area (Å²) in [5, 5.41) is 3.25. The van der Waals surface area contributed by atoms with E-state index in [0.717, 1.165) is 6.42 Å². The molecule has 0 saturated heterocycles. The molecule has 1 fully saturated rings. The molecule has 1 aromatic heterocycles. The van der Waals surface area contributed by atoms with Crippen LogP contribution in [0.5, 0.6) is 0 Å². The van der Waals surface area contributed by atoms with E-state index in [9.17, 15) is 0 Å². The Bertz CT molecular complexity index is 308.